The second-order valence-electron chi connectivity index (χ2n) is 9.21. The standard InChI is InChI=1S/C26H28O6/c1-14-6-5-9-26(2,3)17(14)11-16-22(31-4)13-23-24(25(16)30)20(29)12-21(32-23)15-7-8-18(27)19(28)10-15/h7-8,10,12-13,17,27-28,30H,1,5-6,9,11H2,2-4H3/t17-/m0/s1. The molecule has 1 heterocycles. The molecule has 1 aromatic heterocycles. The molecular weight excluding hydrogens is 408 g/mol. The number of phenolic OH excluding ortho intramolecular Hbond substituents is 3. The SMILES string of the molecule is C=C1CCCC(C)(C)[C@H]1Cc1c(OC)cc2oc(-c3ccc(O)c(O)c3)cc(=O)c2c1O. The van der Waals surface area contributed by atoms with Gasteiger partial charge in [0.05, 0.1) is 7.11 Å². The van der Waals surface area contributed by atoms with E-state index < -0.39 is 5.43 Å². The molecule has 4 rings (SSSR count). The third-order valence-corrected chi connectivity index (χ3v) is 6.70. The van der Waals surface area contributed by atoms with Crippen LogP contribution in [0.1, 0.15) is 38.7 Å². The lowest BCUT2D eigenvalue weighted by molar-refractivity contribution is 0.187. The maximum atomic E-state index is 13.0. The number of fused-ring (bicyclic) bond motifs is 1. The van der Waals surface area contributed by atoms with E-state index in [1.165, 1.54) is 31.4 Å². The quantitative estimate of drug-likeness (QED) is 0.368. The van der Waals surface area contributed by atoms with Crippen LogP contribution in [-0.4, -0.2) is 22.4 Å². The third kappa shape index (κ3) is 3.70. The van der Waals surface area contributed by atoms with Crippen molar-refractivity contribution < 1.29 is 24.5 Å². The summed E-state index contributed by atoms with van der Waals surface area (Å²) in [5.41, 5.74) is 1.94. The first kappa shape index (κ1) is 21.8. The molecule has 1 fully saturated rings. The molecule has 0 spiro atoms. The first-order valence-corrected chi connectivity index (χ1v) is 10.7. The second kappa shape index (κ2) is 7.93. The molecule has 1 saturated carbocycles. The lowest BCUT2D eigenvalue weighted by Gasteiger charge is -2.40. The van der Waals surface area contributed by atoms with Gasteiger partial charge in [-0.1, -0.05) is 26.0 Å². The average molecular weight is 437 g/mol. The van der Waals surface area contributed by atoms with Crippen molar-refractivity contribution in [3.63, 3.8) is 0 Å². The van der Waals surface area contributed by atoms with Crippen molar-refractivity contribution in [2.24, 2.45) is 11.3 Å². The maximum Gasteiger partial charge on any atom is 0.197 e. The number of ether oxygens (including phenoxy) is 1. The largest absolute Gasteiger partial charge is 0.507 e. The highest BCUT2D eigenvalue weighted by atomic mass is 16.5. The number of benzene rings is 2. The summed E-state index contributed by atoms with van der Waals surface area (Å²) in [5.74, 6) is 0.0680. The van der Waals surface area contributed by atoms with Crippen molar-refractivity contribution in [3.05, 3.63) is 58.3 Å². The third-order valence-electron chi connectivity index (χ3n) is 6.70. The maximum absolute atomic E-state index is 13.0. The predicted molar refractivity (Wildman–Crippen MR) is 123 cm³/mol. The zero-order chi connectivity index (χ0) is 23.2. The van der Waals surface area contributed by atoms with Crippen LogP contribution < -0.4 is 10.2 Å². The molecule has 0 unspecified atom stereocenters. The van der Waals surface area contributed by atoms with Gasteiger partial charge in [-0.25, -0.2) is 0 Å². The van der Waals surface area contributed by atoms with E-state index in [9.17, 15) is 20.1 Å². The Morgan fingerprint density at radius 2 is 1.91 bits per heavy atom. The summed E-state index contributed by atoms with van der Waals surface area (Å²) in [7, 11) is 1.52. The summed E-state index contributed by atoms with van der Waals surface area (Å²) in [4.78, 5) is 13.0. The van der Waals surface area contributed by atoms with E-state index in [4.69, 9.17) is 9.15 Å². The van der Waals surface area contributed by atoms with Crippen molar-refractivity contribution in [3.8, 4) is 34.3 Å². The number of aromatic hydroxyl groups is 3. The van der Waals surface area contributed by atoms with Crippen molar-refractivity contribution >= 4 is 11.0 Å². The molecule has 168 valence electrons. The van der Waals surface area contributed by atoms with Crippen molar-refractivity contribution in [1.29, 1.82) is 0 Å². The van der Waals surface area contributed by atoms with Crippen LogP contribution in [0.25, 0.3) is 22.3 Å². The summed E-state index contributed by atoms with van der Waals surface area (Å²) < 4.78 is 11.5. The smallest absolute Gasteiger partial charge is 0.197 e. The van der Waals surface area contributed by atoms with Gasteiger partial charge in [0, 0.05) is 23.3 Å². The monoisotopic (exact) mass is 436 g/mol. The molecule has 3 N–H and O–H groups in total. The molecule has 1 aliphatic rings. The van der Waals surface area contributed by atoms with Gasteiger partial charge in [0.1, 0.15) is 28.2 Å². The van der Waals surface area contributed by atoms with E-state index in [1.54, 1.807) is 6.07 Å². The Morgan fingerprint density at radius 1 is 1.16 bits per heavy atom. The van der Waals surface area contributed by atoms with Crippen molar-refractivity contribution in [1.82, 2.24) is 0 Å². The molecule has 6 heteroatoms. The van der Waals surface area contributed by atoms with Gasteiger partial charge in [0.15, 0.2) is 16.9 Å². The van der Waals surface area contributed by atoms with Gasteiger partial charge in [-0.05, 0) is 55.2 Å². The van der Waals surface area contributed by atoms with Crippen LogP contribution in [0.15, 0.2) is 51.7 Å². The Hall–Kier alpha value is -3.41. The molecule has 2 aromatic carbocycles. The topological polar surface area (TPSA) is 100 Å². The molecule has 3 aromatic rings. The highest BCUT2D eigenvalue weighted by molar-refractivity contribution is 5.88. The Bertz CT molecular complexity index is 1270. The van der Waals surface area contributed by atoms with Gasteiger partial charge in [-0.15, -0.1) is 0 Å². The minimum Gasteiger partial charge on any atom is -0.507 e. The van der Waals surface area contributed by atoms with Crippen molar-refractivity contribution in [2.75, 3.05) is 7.11 Å². The zero-order valence-electron chi connectivity index (χ0n) is 18.6. The molecule has 6 nitrogen and oxygen atoms in total. The van der Waals surface area contributed by atoms with Gasteiger partial charge in [0.25, 0.3) is 0 Å². The van der Waals surface area contributed by atoms with Crippen LogP contribution >= 0.6 is 0 Å². The van der Waals surface area contributed by atoms with Crippen LogP contribution in [-0.2, 0) is 6.42 Å². The lowest BCUT2D eigenvalue weighted by atomic mass is 9.64. The van der Waals surface area contributed by atoms with Crippen LogP contribution in [0.4, 0.5) is 0 Å². The molecule has 0 radical (unpaired) electrons. The fourth-order valence-electron chi connectivity index (χ4n) is 4.82. The van der Waals surface area contributed by atoms with E-state index >= 15 is 0 Å². The van der Waals surface area contributed by atoms with E-state index in [0.717, 1.165) is 24.8 Å². The number of methoxy groups -OCH3 is 1. The van der Waals surface area contributed by atoms with Gasteiger partial charge in [-0.3, -0.25) is 4.79 Å². The van der Waals surface area contributed by atoms with E-state index in [-0.39, 0.29) is 45.3 Å². The van der Waals surface area contributed by atoms with Crippen LogP contribution in [0.5, 0.6) is 23.0 Å². The van der Waals surface area contributed by atoms with E-state index in [0.29, 0.717) is 23.3 Å². The van der Waals surface area contributed by atoms with E-state index in [2.05, 4.69) is 20.4 Å². The van der Waals surface area contributed by atoms with Crippen molar-refractivity contribution in [2.45, 2.75) is 39.5 Å². The van der Waals surface area contributed by atoms with Crippen LogP contribution in [0.2, 0.25) is 0 Å². The number of hydrogen-bond acceptors (Lipinski definition) is 6. The Morgan fingerprint density at radius 3 is 2.56 bits per heavy atom. The second-order valence-corrected chi connectivity index (χ2v) is 9.21. The summed E-state index contributed by atoms with van der Waals surface area (Å²) in [6.45, 7) is 8.69. The molecular formula is C26H28O6. The number of allylic oxidation sites excluding steroid dienone is 1. The minimum absolute atomic E-state index is 0.0249. The molecule has 1 aliphatic carbocycles. The number of hydrogen-bond donors (Lipinski definition) is 3. The fourth-order valence-corrected chi connectivity index (χ4v) is 4.82. The minimum atomic E-state index is -0.406. The van der Waals surface area contributed by atoms with E-state index in [1.807, 2.05) is 0 Å². The lowest BCUT2D eigenvalue weighted by Crippen LogP contribution is -2.31. The molecule has 0 aliphatic heterocycles. The zero-order valence-corrected chi connectivity index (χ0v) is 18.6. The van der Waals surface area contributed by atoms with Gasteiger partial charge in [-0.2, -0.15) is 0 Å². The first-order chi connectivity index (χ1) is 15.1. The summed E-state index contributed by atoms with van der Waals surface area (Å²) >= 11 is 0. The number of phenols is 3. The molecule has 0 saturated heterocycles. The fraction of sp³-hybridized carbons (Fsp3) is 0.346. The molecule has 1 atom stereocenters. The summed E-state index contributed by atoms with van der Waals surface area (Å²) in [5, 5.41) is 30.6. The summed E-state index contributed by atoms with van der Waals surface area (Å²) in [6, 6.07) is 7.04. The molecule has 0 bridgehead atoms. The molecule has 0 amide bonds. The summed E-state index contributed by atoms with van der Waals surface area (Å²) in [6.07, 6.45) is 3.64. The first-order valence-electron chi connectivity index (χ1n) is 10.7. The highest BCUT2D eigenvalue weighted by Gasteiger charge is 2.36. The van der Waals surface area contributed by atoms with Crippen LogP contribution in [0, 0.1) is 11.3 Å². The Labute approximate surface area is 186 Å². The Kier molecular flexibility index (Phi) is 5.41. The van der Waals surface area contributed by atoms with Gasteiger partial charge in [0.2, 0.25) is 0 Å². The molecule has 32 heavy (non-hydrogen) atoms. The number of rotatable bonds is 4. The van der Waals surface area contributed by atoms with Gasteiger partial charge < -0.3 is 24.5 Å². The highest BCUT2D eigenvalue weighted by Crippen LogP contribution is 2.47. The Balaban J connectivity index is 1.85. The average Bonchev–Trinajstić information content (AvgIpc) is 2.73. The van der Waals surface area contributed by atoms with Crippen LogP contribution in [0.3, 0.4) is 0 Å². The normalized spacial score (nSPS) is 18.1. The van der Waals surface area contributed by atoms with Gasteiger partial charge >= 0.3 is 0 Å². The predicted octanol–water partition coefficient (Wildman–Crippen LogP) is 5.51.